The predicted octanol–water partition coefficient (Wildman–Crippen LogP) is 3.15. The summed E-state index contributed by atoms with van der Waals surface area (Å²) in [5.74, 6) is -0.982. The van der Waals surface area contributed by atoms with Gasteiger partial charge in [-0.15, -0.1) is 0 Å². The molecule has 2 aromatic rings. The monoisotopic (exact) mass is 258 g/mol. The summed E-state index contributed by atoms with van der Waals surface area (Å²) in [6.45, 7) is 1.80. The summed E-state index contributed by atoms with van der Waals surface area (Å²) in [5.41, 5.74) is 7.08. The van der Waals surface area contributed by atoms with Gasteiger partial charge in [0.15, 0.2) is 0 Å². The Morgan fingerprint density at radius 3 is 2.53 bits per heavy atom. The first-order valence-corrected chi connectivity index (χ1v) is 5.98. The SMILES string of the molecule is CC(C(=O)Nc1cc(N)cc(F)c1)c1ccccc1. The highest BCUT2D eigenvalue weighted by molar-refractivity contribution is 5.95. The second-order valence-electron chi connectivity index (χ2n) is 4.39. The number of hydrogen-bond acceptors (Lipinski definition) is 2. The van der Waals surface area contributed by atoms with E-state index < -0.39 is 5.82 Å². The Morgan fingerprint density at radius 2 is 1.89 bits per heavy atom. The van der Waals surface area contributed by atoms with Gasteiger partial charge in [0.2, 0.25) is 5.91 Å². The summed E-state index contributed by atoms with van der Waals surface area (Å²) in [5, 5.41) is 2.66. The van der Waals surface area contributed by atoms with Crippen molar-refractivity contribution < 1.29 is 9.18 Å². The Morgan fingerprint density at radius 1 is 1.21 bits per heavy atom. The average Bonchev–Trinajstić information content (AvgIpc) is 2.37. The van der Waals surface area contributed by atoms with E-state index >= 15 is 0 Å². The van der Waals surface area contributed by atoms with Crippen molar-refractivity contribution in [3.8, 4) is 0 Å². The van der Waals surface area contributed by atoms with E-state index in [9.17, 15) is 9.18 Å². The van der Waals surface area contributed by atoms with E-state index in [0.29, 0.717) is 5.69 Å². The number of carbonyl (C=O) groups excluding carboxylic acids is 1. The Balaban J connectivity index is 2.13. The Hall–Kier alpha value is -2.36. The van der Waals surface area contributed by atoms with Gasteiger partial charge in [-0.1, -0.05) is 30.3 Å². The maximum Gasteiger partial charge on any atom is 0.231 e. The number of nitrogens with one attached hydrogen (secondary N) is 1. The first-order chi connectivity index (χ1) is 9.06. The van der Waals surface area contributed by atoms with E-state index in [1.54, 1.807) is 6.92 Å². The normalized spacial score (nSPS) is 11.9. The zero-order chi connectivity index (χ0) is 13.8. The standard InChI is InChI=1S/C15H15FN2O/c1-10(11-5-3-2-4-6-11)15(19)18-14-8-12(16)7-13(17)9-14/h2-10H,17H2,1H3,(H,18,19). The van der Waals surface area contributed by atoms with Crippen LogP contribution in [0.1, 0.15) is 18.4 Å². The predicted molar refractivity (Wildman–Crippen MR) is 74.3 cm³/mol. The van der Waals surface area contributed by atoms with Crippen molar-refractivity contribution in [2.45, 2.75) is 12.8 Å². The molecule has 3 N–H and O–H groups in total. The molecule has 0 aromatic heterocycles. The summed E-state index contributed by atoms with van der Waals surface area (Å²) in [6.07, 6.45) is 0. The number of benzene rings is 2. The smallest absolute Gasteiger partial charge is 0.231 e. The van der Waals surface area contributed by atoms with E-state index in [2.05, 4.69) is 5.32 Å². The molecule has 4 heteroatoms. The van der Waals surface area contributed by atoms with Crippen LogP contribution in [0.5, 0.6) is 0 Å². The molecule has 0 fully saturated rings. The molecule has 0 saturated carbocycles. The molecule has 98 valence electrons. The molecule has 1 amide bonds. The highest BCUT2D eigenvalue weighted by atomic mass is 19.1. The molecule has 0 aliphatic heterocycles. The number of halogens is 1. The van der Waals surface area contributed by atoms with Gasteiger partial charge in [0.1, 0.15) is 5.82 Å². The fraction of sp³-hybridized carbons (Fsp3) is 0.133. The molecular formula is C15H15FN2O. The third-order valence-electron chi connectivity index (χ3n) is 2.88. The van der Waals surface area contributed by atoms with Crippen LogP contribution in [0.3, 0.4) is 0 Å². The molecule has 1 atom stereocenters. The van der Waals surface area contributed by atoms with Crippen LogP contribution in [-0.4, -0.2) is 5.91 Å². The molecule has 3 nitrogen and oxygen atoms in total. The largest absolute Gasteiger partial charge is 0.399 e. The number of hydrogen-bond donors (Lipinski definition) is 2. The Labute approximate surface area is 111 Å². The minimum atomic E-state index is -0.470. The van der Waals surface area contributed by atoms with Gasteiger partial charge < -0.3 is 11.1 Å². The van der Waals surface area contributed by atoms with Gasteiger partial charge >= 0.3 is 0 Å². The highest BCUT2D eigenvalue weighted by Crippen LogP contribution is 2.20. The topological polar surface area (TPSA) is 55.1 Å². The van der Waals surface area contributed by atoms with Crippen molar-refractivity contribution in [2.24, 2.45) is 0 Å². The summed E-state index contributed by atoms with van der Waals surface area (Å²) in [7, 11) is 0. The van der Waals surface area contributed by atoms with E-state index in [0.717, 1.165) is 5.56 Å². The summed E-state index contributed by atoms with van der Waals surface area (Å²) >= 11 is 0. The Bertz CT molecular complexity index is 564. The number of rotatable bonds is 3. The number of carbonyl (C=O) groups is 1. The van der Waals surface area contributed by atoms with E-state index in [1.165, 1.54) is 18.2 Å². The van der Waals surface area contributed by atoms with Crippen LogP contribution < -0.4 is 11.1 Å². The molecule has 0 saturated heterocycles. The molecule has 1 unspecified atom stereocenters. The molecule has 0 heterocycles. The van der Waals surface area contributed by atoms with Crippen LogP contribution in [0, 0.1) is 5.82 Å². The van der Waals surface area contributed by atoms with Gasteiger partial charge in [0, 0.05) is 11.4 Å². The van der Waals surface area contributed by atoms with Crippen molar-refractivity contribution in [2.75, 3.05) is 11.1 Å². The zero-order valence-corrected chi connectivity index (χ0v) is 10.6. The molecule has 2 rings (SSSR count). The van der Waals surface area contributed by atoms with Crippen LogP contribution in [0.25, 0.3) is 0 Å². The van der Waals surface area contributed by atoms with Crippen LogP contribution in [0.4, 0.5) is 15.8 Å². The lowest BCUT2D eigenvalue weighted by Gasteiger charge is -2.13. The molecule has 0 bridgehead atoms. The fourth-order valence-electron chi connectivity index (χ4n) is 1.83. The quantitative estimate of drug-likeness (QED) is 0.831. The Kier molecular flexibility index (Phi) is 3.80. The first-order valence-electron chi connectivity index (χ1n) is 5.98. The van der Waals surface area contributed by atoms with Crippen LogP contribution >= 0.6 is 0 Å². The van der Waals surface area contributed by atoms with Gasteiger partial charge in [-0.25, -0.2) is 4.39 Å². The van der Waals surface area contributed by atoms with Gasteiger partial charge in [-0.05, 0) is 30.7 Å². The molecule has 0 aliphatic rings. The highest BCUT2D eigenvalue weighted by Gasteiger charge is 2.15. The first kappa shape index (κ1) is 13.1. The number of nitrogen functional groups attached to an aromatic ring is 1. The molecule has 2 aromatic carbocycles. The van der Waals surface area contributed by atoms with Gasteiger partial charge in [0.25, 0.3) is 0 Å². The minimum absolute atomic E-state index is 0.198. The van der Waals surface area contributed by atoms with Gasteiger partial charge in [-0.2, -0.15) is 0 Å². The zero-order valence-electron chi connectivity index (χ0n) is 10.6. The fourth-order valence-corrected chi connectivity index (χ4v) is 1.83. The lowest BCUT2D eigenvalue weighted by molar-refractivity contribution is -0.117. The number of amides is 1. The molecule has 0 aliphatic carbocycles. The maximum atomic E-state index is 13.2. The average molecular weight is 258 g/mol. The van der Waals surface area contributed by atoms with Crippen molar-refractivity contribution in [1.29, 1.82) is 0 Å². The van der Waals surface area contributed by atoms with Crippen LogP contribution in [0.15, 0.2) is 48.5 Å². The van der Waals surface area contributed by atoms with Crippen molar-refractivity contribution in [1.82, 2.24) is 0 Å². The van der Waals surface area contributed by atoms with E-state index in [4.69, 9.17) is 5.73 Å². The maximum absolute atomic E-state index is 13.2. The molecular weight excluding hydrogens is 243 g/mol. The summed E-state index contributed by atoms with van der Waals surface area (Å²) in [6, 6.07) is 13.4. The molecule has 0 spiro atoms. The van der Waals surface area contributed by atoms with Crippen LogP contribution in [-0.2, 0) is 4.79 Å². The van der Waals surface area contributed by atoms with Gasteiger partial charge in [-0.3, -0.25) is 4.79 Å². The lowest BCUT2D eigenvalue weighted by atomic mass is 10.0. The van der Waals surface area contributed by atoms with Crippen LogP contribution in [0.2, 0.25) is 0 Å². The molecule has 0 radical (unpaired) electrons. The summed E-state index contributed by atoms with van der Waals surface area (Å²) in [4.78, 5) is 12.1. The van der Waals surface area contributed by atoms with Crippen molar-refractivity contribution in [3.05, 3.63) is 59.9 Å². The van der Waals surface area contributed by atoms with Crippen molar-refractivity contribution in [3.63, 3.8) is 0 Å². The second kappa shape index (κ2) is 5.52. The third kappa shape index (κ3) is 3.31. The number of anilines is 2. The van der Waals surface area contributed by atoms with E-state index in [-0.39, 0.29) is 17.5 Å². The lowest BCUT2D eigenvalue weighted by Crippen LogP contribution is -2.19. The van der Waals surface area contributed by atoms with E-state index in [1.807, 2.05) is 30.3 Å². The van der Waals surface area contributed by atoms with Crippen molar-refractivity contribution >= 4 is 17.3 Å². The summed E-state index contributed by atoms with van der Waals surface area (Å²) < 4.78 is 13.2. The second-order valence-corrected chi connectivity index (χ2v) is 4.39. The minimum Gasteiger partial charge on any atom is -0.399 e. The molecule has 19 heavy (non-hydrogen) atoms. The van der Waals surface area contributed by atoms with Gasteiger partial charge in [0.05, 0.1) is 5.92 Å². The third-order valence-corrected chi connectivity index (χ3v) is 2.88. The number of nitrogens with two attached hydrogens (primary N) is 1.